The van der Waals surface area contributed by atoms with Gasteiger partial charge in [0.15, 0.2) is 5.65 Å². The van der Waals surface area contributed by atoms with Crippen molar-refractivity contribution in [3.8, 4) is 6.07 Å². The molecule has 5 nitrogen and oxygen atoms in total. The lowest BCUT2D eigenvalue weighted by molar-refractivity contribution is 0.122. The standard InChI is InChI=1S/C24H21ClN4O/c1-16-18(14-17-6-2-3-7-20(17)25)24(28-10-12-30-13-11-28)29-22-9-5-4-8-21(22)27-23(29)19(16)15-26/h2-9H,10-14H2,1H3. The van der Waals surface area contributed by atoms with Gasteiger partial charge in [-0.25, -0.2) is 4.98 Å². The fourth-order valence-electron chi connectivity index (χ4n) is 4.31. The molecule has 3 heterocycles. The summed E-state index contributed by atoms with van der Waals surface area (Å²) in [6.45, 7) is 4.97. The SMILES string of the molecule is Cc1c(Cc2ccccc2Cl)c(N2CCOCC2)n2c(nc3ccccc32)c1C#N. The van der Waals surface area contributed by atoms with Gasteiger partial charge in [0.25, 0.3) is 0 Å². The summed E-state index contributed by atoms with van der Waals surface area (Å²) >= 11 is 6.51. The van der Waals surface area contributed by atoms with E-state index in [1.165, 1.54) is 0 Å². The summed E-state index contributed by atoms with van der Waals surface area (Å²) in [4.78, 5) is 7.18. The topological polar surface area (TPSA) is 53.6 Å². The van der Waals surface area contributed by atoms with Crippen LogP contribution in [0.4, 0.5) is 5.82 Å². The fourth-order valence-corrected chi connectivity index (χ4v) is 4.52. The molecule has 0 unspecified atom stereocenters. The molecule has 4 aromatic rings. The zero-order valence-electron chi connectivity index (χ0n) is 16.7. The average molecular weight is 417 g/mol. The molecule has 6 heteroatoms. The molecular formula is C24H21ClN4O. The number of pyridine rings is 1. The Kier molecular flexibility index (Phi) is 4.82. The second-order valence-corrected chi connectivity index (χ2v) is 7.95. The third kappa shape index (κ3) is 3.00. The zero-order valence-corrected chi connectivity index (χ0v) is 17.5. The summed E-state index contributed by atoms with van der Waals surface area (Å²) in [6, 6.07) is 18.4. The van der Waals surface area contributed by atoms with Crippen molar-refractivity contribution in [2.24, 2.45) is 0 Å². The number of rotatable bonds is 3. The average Bonchev–Trinajstić information content (AvgIpc) is 3.15. The van der Waals surface area contributed by atoms with Crippen LogP contribution in [-0.2, 0) is 11.2 Å². The van der Waals surface area contributed by atoms with E-state index in [1.807, 2.05) is 49.4 Å². The number of benzene rings is 2. The van der Waals surface area contributed by atoms with Gasteiger partial charge in [-0.15, -0.1) is 0 Å². The molecule has 2 aromatic carbocycles. The second-order valence-electron chi connectivity index (χ2n) is 7.54. The molecular weight excluding hydrogens is 396 g/mol. The number of halogens is 1. The number of nitrogens with zero attached hydrogens (tertiary/aromatic N) is 4. The Morgan fingerprint density at radius 2 is 1.83 bits per heavy atom. The number of hydrogen-bond donors (Lipinski definition) is 0. The summed E-state index contributed by atoms with van der Waals surface area (Å²) in [5.74, 6) is 1.08. The number of hydrogen-bond acceptors (Lipinski definition) is 4. The van der Waals surface area contributed by atoms with E-state index in [1.54, 1.807) is 0 Å². The van der Waals surface area contributed by atoms with Gasteiger partial charge in [-0.05, 0) is 36.2 Å². The number of imidazole rings is 1. The van der Waals surface area contributed by atoms with Crippen molar-refractivity contribution >= 4 is 34.1 Å². The van der Waals surface area contributed by atoms with Crippen molar-refractivity contribution < 1.29 is 4.74 Å². The van der Waals surface area contributed by atoms with Crippen LogP contribution in [0.2, 0.25) is 5.02 Å². The maximum absolute atomic E-state index is 10.0. The first-order valence-electron chi connectivity index (χ1n) is 10.1. The van der Waals surface area contributed by atoms with E-state index in [2.05, 4.69) is 21.4 Å². The highest BCUT2D eigenvalue weighted by atomic mass is 35.5. The number of fused-ring (bicyclic) bond motifs is 3. The minimum absolute atomic E-state index is 0.616. The number of aromatic nitrogens is 2. The lowest BCUT2D eigenvalue weighted by Crippen LogP contribution is -2.38. The van der Waals surface area contributed by atoms with Gasteiger partial charge in [0, 0.05) is 30.1 Å². The van der Waals surface area contributed by atoms with Crippen LogP contribution >= 0.6 is 11.6 Å². The highest BCUT2D eigenvalue weighted by Crippen LogP contribution is 2.35. The molecule has 0 bridgehead atoms. The van der Waals surface area contributed by atoms with Crippen molar-refractivity contribution in [3.05, 3.63) is 75.8 Å². The lowest BCUT2D eigenvalue weighted by Gasteiger charge is -2.32. The van der Waals surface area contributed by atoms with Crippen LogP contribution < -0.4 is 4.90 Å². The minimum Gasteiger partial charge on any atom is -0.378 e. The van der Waals surface area contributed by atoms with Crippen LogP contribution in [0, 0.1) is 18.3 Å². The van der Waals surface area contributed by atoms with Crippen LogP contribution in [0.3, 0.4) is 0 Å². The number of ether oxygens (including phenoxy) is 1. The highest BCUT2D eigenvalue weighted by molar-refractivity contribution is 6.31. The Morgan fingerprint density at radius 1 is 1.10 bits per heavy atom. The molecule has 0 amide bonds. The van der Waals surface area contributed by atoms with Crippen molar-refractivity contribution in [3.63, 3.8) is 0 Å². The number of anilines is 1. The number of morpholine rings is 1. The lowest BCUT2D eigenvalue weighted by atomic mass is 9.97. The van der Waals surface area contributed by atoms with E-state index in [0.29, 0.717) is 30.8 Å². The van der Waals surface area contributed by atoms with E-state index in [9.17, 15) is 5.26 Å². The highest BCUT2D eigenvalue weighted by Gasteiger charge is 2.25. The van der Waals surface area contributed by atoms with Gasteiger partial charge in [-0.3, -0.25) is 4.40 Å². The maximum Gasteiger partial charge on any atom is 0.157 e. The monoisotopic (exact) mass is 416 g/mol. The normalized spacial score (nSPS) is 14.4. The first-order valence-corrected chi connectivity index (χ1v) is 10.5. The Balaban J connectivity index is 1.87. The van der Waals surface area contributed by atoms with Crippen molar-refractivity contribution in [2.75, 3.05) is 31.2 Å². The molecule has 1 aliphatic heterocycles. The van der Waals surface area contributed by atoms with Crippen molar-refractivity contribution in [2.45, 2.75) is 13.3 Å². The summed E-state index contributed by atoms with van der Waals surface area (Å²) < 4.78 is 7.77. The molecule has 2 aromatic heterocycles. The fraction of sp³-hybridized carbons (Fsp3) is 0.250. The van der Waals surface area contributed by atoms with E-state index in [0.717, 1.165) is 51.7 Å². The van der Waals surface area contributed by atoms with Crippen LogP contribution in [-0.4, -0.2) is 35.7 Å². The zero-order chi connectivity index (χ0) is 20.7. The first kappa shape index (κ1) is 18.9. The summed E-state index contributed by atoms with van der Waals surface area (Å²) in [6.07, 6.45) is 0.648. The minimum atomic E-state index is 0.616. The molecule has 0 radical (unpaired) electrons. The molecule has 1 aliphatic rings. The number of nitriles is 1. The third-order valence-corrected chi connectivity index (χ3v) is 6.21. The van der Waals surface area contributed by atoms with Crippen LogP contribution in [0.1, 0.15) is 22.3 Å². The van der Waals surface area contributed by atoms with Gasteiger partial charge in [-0.1, -0.05) is 41.9 Å². The molecule has 1 fully saturated rings. The van der Waals surface area contributed by atoms with Gasteiger partial charge in [0.2, 0.25) is 0 Å². The Labute approximate surface area is 180 Å². The van der Waals surface area contributed by atoms with Crippen LogP contribution in [0.15, 0.2) is 48.5 Å². The smallest absolute Gasteiger partial charge is 0.157 e. The van der Waals surface area contributed by atoms with Gasteiger partial charge >= 0.3 is 0 Å². The molecule has 0 aliphatic carbocycles. The Hall–Kier alpha value is -3.07. The van der Waals surface area contributed by atoms with Gasteiger partial charge < -0.3 is 9.64 Å². The summed E-state index contributed by atoms with van der Waals surface area (Å²) in [5.41, 5.74) is 6.33. The van der Waals surface area contributed by atoms with Gasteiger partial charge in [0.05, 0.1) is 29.8 Å². The van der Waals surface area contributed by atoms with E-state index in [4.69, 9.17) is 21.3 Å². The Bertz CT molecular complexity index is 1300. The maximum atomic E-state index is 10.0. The van der Waals surface area contributed by atoms with Gasteiger partial charge in [-0.2, -0.15) is 5.26 Å². The van der Waals surface area contributed by atoms with Crippen molar-refractivity contribution in [1.29, 1.82) is 5.26 Å². The molecule has 0 atom stereocenters. The molecule has 30 heavy (non-hydrogen) atoms. The van der Waals surface area contributed by atoms with E-state index < -0.39 is 0 Å². The molecule has 150 valence electrons. The van der Waals surface area contributed by atoms with Crippen LogP contribution in [0.25, 0.3) is 16.7 Å². The molecule has 5 rings (SSSR count). The quantitative estimate of drug-likeness (QED) is 0.483. The largest absolute Gasteiger partial charge is 0.378 e. The second kappa shape index (κ2) is 7.64. The summed E-state index contributed by atoms with van der Waals surface area (Å²) in [5, 5.41) is 10.8. The predicted molar refractivity (Wildman–Crippen MR) is 119 cm³/mol. The van der Waals surface area contributed by atoms with Crippen molar-refractivity contribution in [1.82, 2.24) is 9.38 Å². The van der Waals surface area contributed by atoms with Gasteiger partial charge in [0.1, 0.15) is 11.9 Å². The first-order chi connectivity index (χ1) is 14.7. The third-order valence-electron chi connectivity index (χ3n) is 5.84. The summed E-state index contributed by atoms with van der Waals surface area (Å²) in [7, 11) is 0. The number of para-hydroxylation sites is 2. The molecule has 0 N–H and O–H groups in total. The molecule has 1 saturated heterocycles. The van der Waals surface area contributed by atoms with E-state index >= 15 is 0 Å². The predicted octanol–water partition coefficient (Wildman–Crippen LogP) is 4.75. The molecule has 0 saturated carbocycles. The Morgan fingerprint density at radius 3 is 2.60 bits per heavy atom. The van der Waals surface area contributed by atoms with Crippen LogP contribution in [0.5, 0.6) is 0 Å². The van der Waals surface area contributed by atoms with E-state index in [-0.39, 0.29) is 0 Å². The molecule has 0 spiro atoms.